The second kappa shape index (κ2) is 7.08. The van der Waals surface area contributed by atoms with Crippen LogP contribution < -0.4 is 9.64 Å². The van der Waals surface area contributed by atoms with Gasteiger partial charge in [0.2, 0.25) is 11.8 Å². The molecule has 0 spiro atoms. The molecule has 0 unspecified atom stereocenters. The van der Waals surface area contributed by atoms with Crippen molar-refractivity contribution in [3.63, 3.8) is 0 Å². The monoisotopic (exact) mass is 375 g/mol. The maximum absolute atomic E-state index is 12.9. The van der Waals surface area contributed by atoms with Gasteiger partial charge in [-0.05, 0) is 43.0 Å². The summed E-state index contributed by atoms with van der Waals surface area (Å²) in [7, 11) is 0. The SMILES string of the molecule is Cc1ccccc1C(=O)Oc1cccc(N2C(=O)[C@@H]3[C@H](C)C=CC[C@H]3C2=O)c1. The molecule has 142 valence electrons. The Morgan fingerprint density at radius 2 is 1.86 bits per heavy atom. The fourth-order valence-corrected chi connectivity index (χ4v) is 4.05. The maximum atomic E-state index is 12.9. The second-order valence-corrected chi connectivity index (χ2v) is 7.37. The van der Waals surface area contributed by atoms with Crippen LogP contribution in [0.15, 0.2) is 60.7 Å². The summed E-state index contributed by atoms with van der Waals surface area (Å²) in [6.07, 6.45) is 4.55. The van der Waals surface area contributed by atoms with E-state index in [1.807, 2.05) is 38.1 Å². The first-order valence-electron chi connectivity index (χ1n) is 9.39. The number of hydrogen-bond donors (Lipinski definition) is 0. The topological polar surface area (TPSA) is 63.7 Å². The maximum Gasteiger partial charge on any atom is 0.343 e. The van der Waals surface area contributed by atoms with Crippen LogP contribution in [0.3, 0.4) is 0 Å². The van der Waals surface area contributed by atoms with Gasteiger partial charge in [-0.1, -0.05) is 43.3 Å². The zero-order valence-electron chi connectivity index (χ0n) is 15.8. The summed E-state index contributed by atoms with van der Waals surface area (Å²) >= 11 is 0. The molecule has 2 amide bonds. The van der Waals surface area contributed by atoms with Crippen LogP contribution >= 0.6 is 0 Å². The standard InChI is InChI=1S/C23H21NO4/c1-14-7-3-4-11-18(14)23(27)28-17-10-6-9-16(13-17)24-21(25)19-12-5-8-15(2)20(19)22(24)26/h3-11,13,15,19-20H,12H2,1-2H3/t15-,19-,20-/m1/s1. The van der Waals surface area contributed by atoms with E-state index in [1.54, 1.807) is 36.4 Å². The molecule has 5 nitrogen and oxygen atoms in total. The Balaban J connectivity index is 1.59. The fraction of sp³-hybridized carbons (Fsp3) is 0.261. The van der Waals surface area contributed by atoms with Gasteiger partial charge >= 0.3 is 5.97 Å². The van der Waals surface area contributed by atoms with E-state index in [1.165, 1.54) is 4.90 Å². The van der Waals surface area contributed by atoms with Crippen LogP contribution in [0.1, 0.15) is 29.3 Å². The van der Waals surface area contributed by atoms with Crippen LogP contribution in [0.25, 0.3) is 0 Å². The summed E-state index contributed by atoms with van der Waals surface area (Å²) in [5.41, 5.74) is 1.73. The second-order valence-electron chi connectivity index (χ2n) is 7.37. The molecule has 4 rings (SSSR count). The third kappa shape index (κ3) is 3.03. The first-order chi connectivity index (χ1) is 13.5. The van der Waals surface area contributed by atoms with Crippen molar-refractivity contribution in [1.82, 2.24) is 0 Å². The third-order valence-corrected chi connectivity index (χ3v) is 5.52. The van der Waals surface area contributed by atoms with Crippen LogP contribution in [-0.2, 0) is 9.59 Å². The Hall–Kier alpha value is -3.21. The number of imide groups is 1. The lowest BCUT2D eigenvalue weighted by molar-refractivity contribution is -0.122. The van der Waals surface area contributed by atoms with Crippen molar-refractivity contribution in [3.05, 3.63) is 71.8 Å². The number of nitrogens with zero attached hydrogens (tertiary/aromatic N) is 1. The van der Waals surface area contributed by atoms with Gasteiger partial charge in [0.1, 0.15) is 5.75 Å². The van der Waals surface area contributed by atoms with E-state index in [0.29, 0.717) is 23.4 Å². The molecule has 1 aliphatic heterocycles. The highest BCUT2D eigenvalue weighted by Gasteiger charge is 2.50. The van der Waals surface area contributed by atoms with Crippen molar-refractivity contribution in [3.8, 4) is 5.75 Å². The van der Waals surface area contributed by atoms with Gasteiger partial charge in [-0.25, -0.2) is 9.69 Å². The Morgan fingerprint density at radius 1 is 1.07 bits per heavy atom. The van der Waals surface area contributed by atoms with Crippen molar-refractivity contribution in [2.24, 2.45) is 17.8 Å². The summed E-state index contributed by atoms with van der Waals surface area (Å²) in [4.78, 5) is 39.5. The van der Waals surface area contributed by atoms with Crippen LogP contribution in [-0.4, -0.2) is 17.8 Å². The van der Waals surface area contributed by atoms with Gasteiger partial charge in [-0.2, -0.15) is 0 Å². The predicted molar refractivity (Wildman–Crippen MR) is 105 cm³/mol. The number of ether oxygens (including phenoxy) is 1. The fourth-order valence-electron chi connectivity index (χ4n) is 4.05. The summed E-state index contributed by atoms with van der Waals surface area (Å²) < 4.78 is 5.49. The number of carbonyl (C=O) groups is 3. The zero-order valence-corrected chi connectivity index (χ0v) is 15.8. The molecule has 2 aromatic rings. The average molecular weight is 375 g/mol. The Kier molecular flexibility index (Phi) is 4.59. The molecule has 0 N–H and O–H groups in total. The third-order valence-electron chi connectivity index (χ3n) is 5.52. The van der Waals surface area contributed by atoms with E-state index in [0.717, 1.165) is 5.56 Å². The Labute approximate surface area is 163 Å². The molecule has 2 aliphatic rings. The molecule has 1 heterocycles. The molecular weight excluding hydrogens is 354 g/mol. The molecule has 0 radical (unpaired) electrons. The first-order valence-corrected chi connectivity index (χ1v) is 9.39. The largest absolute Gasteiger partial charge is 0.423 e. The molecule has 5 heteroatoms. The van der Waals surface area contributed by atoms with Gasteiger partial charge in [0.15, 0.2) is 0 Å². The number of aryl methyl sites for hydroxylation is 1. The van der Waals surface area contributed by atoms with Gasteiger partial charge in [0.05, 0.1) is 23.1 Å². The molecule has 0 saturated carbocycles. The normalized spacial score (nSPS) is 23.6. The summed E-state index contributed by atoms with van der Waals surface area (Å²) in [5.74, 6) is -1.15. The molecule has 1 fully saturated rings. The highest BCUT2D eigenvalue weighted by atomic mass is 16.5. The van der Waals surface area contributed by atoms with E-state index < -0.39 is 5.97 Å². The van der Waals surface area contributed by atoms with Crippen LogP contribution in [0, 0.1) is 24.7 Å². The quantitative estimate of drug-likeness (QED) is 0.353. The molecular formula is C23H21NO4. The molecule has 0 aromatic heterocycles. The van der Waals surface area contributed by atoms with Crippen molar-refractivity contribution in [1.29, 1.82) is 0 Å². The molecule has 2 aromatic carbocycles. The minimum absolute atomic E-state index is 0.0299. The number of carbonyl (C=O) groups excluding carboxylic acids is 3. The first kappa shape index (κ1) is 18.2. The summed E-state index contributed by atoms with van der Waals surface area (Å²) in [6, 6.07) is 13.8. The number of fused-ring (bicyclic) bond motifs is 1. The lowest BCUT2D eigenvalue weighted by Gasteiger charge is -2.22. The Morgan fingerprint density at radius 3 is 2.61 bits per heavy atom. The van der Waals surface area contributed by atoms with E-state index in [2.05, 4.69) is 0 Å². The van der Waals surface area contributed by atoms with Crippen molar-refractivity contribution < 1.29 is 19.1 Å². The van der Waals surface area contributed by atoms with Gasteiger partial charge in [-0.3, -0.25) is 9.59 Å². The van der Waals surface area contributed by atoms with Gasteiger partial charge < -0.3 is 4.74 Å². The number of benzene rings is 2. The Bertz CT molecular complexity index is 994. The van der Waals surface area contributed by atoms with E-state index in [4.69, 9.17) is 4.74 Å². The van der Waals surface area contributed by atoms with Gasteiger partial charge in [0.25, 0.3) is 0 Å². The minimum atomic E-state index is -0.471. The molecule has 0 bridgehead atoms. The molecule has 3 atom stereocenters. The van der Waals surface area contributed by atoms with Gasteiger partial charge in [0, 0.05) is 6.07 Å². The molecule has 1 aliphatic carbocycles. The van der Waals surface area contributed by atoms with Gasteiger partial charge in [-0.15, -0.1) is 0 Å². The molecule has 1 saturated heterocycles. The average Bonchev–Trinajstić information content (AvgIpc) is 2.94. The molecule has 28 heavy (non-hydrogen) atoms. The zero-order chi connectivity index (χ0) is 19.8. The summed E-state index contributed by atoms with van der Waals surface area (Å²) in [6.45, 7) is 3.80. The smallest absolute Gasteiger partial charge is 0.343 e. The highest BCUT2D eigenvalue weighted by molar-refractivity contribution is 6.22. The number of amides is 2. The predicted octanol–water partition coefficient (Wildman–Crippen LogP) is 3.92. The number of rotatable bonds is 3. The lowest BCUT2D eigenvalue weighted by Crippen LogP contribution is -2.31. The van der Waals surface area contributed by atoms with E-state index in [-0.39, 0.29) is 29.6 Å². The van der Waals surface area contributed by atoms with Crippen molar-refractivity contribution >= 4 is 23.5 Å². The van der Waals surface area contributed by atoms with Crippen LogP contribution in [0.4, 0.5) is 5.69 Å². The van der Waals surface area contributed by atoms with Crippen molar-refractivity contribution in [2.75, 3.05) is 4.90 Å². The van der Waals surface area contributed by atoms with Crippen LogP contribution in [0.5, 0.6) is 5.75 Å². The van der Waals surface area contributed by atoms with Crippen molar-refractivity contribution in [2.45, 2.75) is 20.3 Å². The number of anilines is 1. The minimum Gasteiger partial charge on any atom is -0.423 e. The van der Waals surface area contributed by atoms with E-state index in [9.17, 15) is 14.4 Å². The van der Waals surface area contributed by atoms with Crippen LogP contribution in [0.2, 0.25) is 0 Å². The number of allylic oxidation sites excluding steroid dienone is 2. The number of hydrogen-bond acceptors (Lipinski definition) is 4. The van der Waals surface area contributed by atoms with E-state index >= 15 is 0 Å². The summed E-state index contributed by atoms with van der Waals surface area (Å²) in [5, 5.41) is 0. The highest BCUT2D eigenvalue weighted by Crippen LogP contribution is 2.40. The lowest BCUT2D eigenvalue weighted by atomic mass is 9.78. The number of esters is 1.